The molecule has 0 aromatic carbocycles. The van der Waals surface area contributed by atoms with Crippen LogP contribution in [0.25, 0.3) is 0 Å². The van der Waals surface area contributed by atoms with E-state index in [-0.39, 0.29) is 5.54 Å². The molecule has 0 aliphatic heterocycles. The molecule has 1 heterocycles. The van der Waals surface area contributed by atoms with Crippen molar-refractivity contribution in [3.8, 4) is 6.07 Å². The predicted molar refractivity (Wildman–Crippen MR) is 79.4 cm³/mol. The van der Waals surface area contributed by atoms with Crippen LogP contribution in [0.3, 0.4) is 0 Å². The number of halogens is 1. The van der Waals surface area contributed by atoms with E-state index in [1.807, 2.05) is 12.1 Å². The van der Waals surface area contributed by atoms with E-state index in [9.17, 15) is 5.26 Å². The Labute approximate surface area is 123 Å². The molecule has 0 saturated heterocycles. The molecule has 0 radical (unpaired) electrons. The van der Waals surface area contributed by atoms with Crippen molar-refractivity contribution in [1.29, 1.82) is 5.26 Å². The summed E-state index contributed by atoms with van der Waals surface area (Å²) in [7, 11) is 0. The van der Waals surface area contributed by atoms with E-state index >= 15 is 0 Å². The zero-order valence-electron chi connectivity index (χ0n) is 11.0. The molecule has 1 N–H and O–H groups in total. The van der Waals surface area contributed by atoms with Crippen LogP contribution >= 0.6 is 23.4 Å². The van der Waals surface area contributed by atoms with Gasteiger partial charge in [0.2, 0.25) is 0 Å². The topological polar surface area (TPSA) is 48.7 Å². The second kappa shape index (κ2) is 6.60. The van der Waals surface area contributed by atoms with Crippen molar-refractivity contribution >= 4 is 23.4 Å². The fourth-order valence-electron chi connectivity index (χ4n) is 2.38. The summed E-state index contributed by atoms with van der Waals surface area (Å²) in [5, 5.41) is 14.8. The molecule has 1 saturated carbocycles. The molecule has 2 atom stereocenters. The lowest BCUT2D eigenvalue weighted by atomic mass is 10.00. The average Bonchev–Trinajstić information content (AvgIpc) is 2.83. The summed E-state index contributed by atoms with van der Waals surface area (Å²) in [5.74, 6) is 0. The zero-order valence-corrected chi connectivity index (χ0v) is 12.6. The van der Waals surface area contributed by atoms with E-state index in [0.29, 0.717) is 10.3 Å². The number of hydrogen-bond donors (Lipinski definition) is 1. The van der Waals surface area contributed by atoms with E-state index in [1.165, 1.54) is 0 Å². The van der Waals surface area contributed by atoms with Crippen molar-refractivity contribution < 1.29 is 0 Å². The molecule has 5 heteroatoms. The van der Waals surface area contributed by atoms with Crippen LogP contribution in [0, 0.1) is 11.3 Å². The predicted octanol–water partition coefficient (Wildman–Crippen LogP) is 3.64. The third kappa shape index (κ3) is 3.62. The Kier molecular flexibility index (Phi) is 5.09. The summed E-state index contributed by atoms with van der Waals surface area (Å²) in [6.45, 7) is 3.02. The lowest BCUT2D eigenvalue weighted by molar-refractivity contribution is 0.424. The molecule has 0 bridgehead atoms. The molecule has 1 aliphatic rings. The second-order valence-corrected chi connectivity index (χ2v) is 6.59. The molecular weight excluding hydrogens is 278 g/mol. The average molecular weight is 296 g/mol. The number of nitriles is 1. The normalized spacial score (nSPS) is 26.3. The third-order valence-electron chi connectivity index (χ3n) is 3.40. The van der Waals surface area contributed by atoms with Gasteiger partial charge in [0, 0.05) is 11.4 Å². The highest BCUT2D eigenvalue weighted by molar-refractivity contribution is 8.00. The van der Waals surface area contributed by atoms with Gasteiger partial charge in [-0.3, -0.25) is 5.32 Å². The van der Waals surface area contributed by atoms with E-state index in [2.05, 4.69) is 23.3 Å². The van der Waals surface area contributed by atoms with Crippen LogP contribution in [-0.2, 0) is 0 Å². The van der Waals surface area contributed by atoms with Gasteiger partial charge in [-0.25, -0.2) is 4.98 Å². The van der Waals surface area contributed by atoms with Crippen LogP contribution in [0.15, 0.2) is 23.4 Å². The van der Waals surface area contributed by atoms with Crippen LogP contribution in [0.5, 0.6) is 0 Å². The molecule has 0 amide bonds. The fourth-order valence-corrected chi connectivity index (χ4v) is 3.86. The smallest absolute Gasteiger partial charge is 0.115 e. The third-order valence-corrected chi connectivity index (χ3v) is 5.10. The molecule has 0 spiro atoms. The fraction of sp³-hybridized carbons (Fsp3) is 0.571. The van der Waals surface area contributed by atoms with Gasteiger partial charge in [-0.15, -0.1) is 11.8 Å². The minimum atomic E-state index is -0.352. The first-order valence-electron chi connectivity index (χ1n) is 6.62. The van der Waals surface area contributed by atoms with E-state index in [0.717, 1.165) is 37.3 Å². The van der Waals surface area contributed by atoms with Gasteiger partial charge in [-0.2, -0.15) is 5.26 Å². The van der Waals surface area contributed by atoms with Crippen LogP contribution < -0.4 is 5.32 Å². The quantitative estimate of drug-likeness (QED) is 0.901. The molecule has 102 valence electrons. The van der Waals surface area contributed by atoms with Crippen LogP contribution in [0.4, 0.5) is 0 Å². The SMILES string of the molecule is CCCNC1(C#N)CCC(Sc2ncccc2Cl)C1. The Morgan fingerprint density at radius 1 is 1.68 bits per heavy atom. The molecule has 19 heavy (non-hydrogen) atoms. The molecule has 1 aromatic heterocycles. The number of aromatic nitrogens is 1. The maximum Gasteiger partial charge on any atom is 0.115 e. The van der Waals surface area contributed by atoms with Crippen molar-refractivity contribution in [2.75, 3.05) is 6.54 Å². The second-order valence-electron chi connectivity index (χ2n) is 4.89. The molecule has 1 aromatic rings. The van der Waals surface area contributed by atoms with Crippen LogP contribution in [0.1, 0.15) is 32.6 Å². The summed E-state index contributed by atoms with van der Waals surface area (Å²) in [4.78, 5) is 4.31. The number of rotatable bonds is 5. The minimum absolute atomic E-state index is 0.352. The van der Waals surface area contributed by atoms with E-state index < -0.39 is 0 Å². The van der Waals surface area contributed by atoms with Crippen molar-refractivity contribution in [1.82, 2.24) is 10.3 Å². The Bertz CT molecular complexity index is 474. The summed E-state index contributed by atoms with van der Waals surface area (Å²) in [6.07, 6.45) is 5.61. The molecule has 3 nitrogen and oxygen atoms in total. The highest BCUT2D eigenvalue weighted by Crippen LogP contribution is 2.41. The Hall–Kier alpha value is -0.760. The largest absolute Gasteiger partial charge is 0.299 e. The van der Waals surface area contributed by atoms with Crippen LogP contribution in [-0.4, -0.2) is 22.3 Å². The van der Waals surface area contributed by atoms with Gasteiger partial charge >= 0.3 is 0 Å². The van der Waals surface area contributed by atoms with Crippen LogP contribution in [0.2, 0.25) is 5.02 Å². The van der Waals surface area contributed by atoms with Crippen molar-refractivity contribution in [3.63, 3.8) is 0 Å². The van der Waals surface area contributed by atoms with Gasteiger partial charge in [0.05, 0.1) is 11.1 Å². The van der Waals surface area contributed by atoms with Crippen molar-refractivity contribution in [2.45, 2.75) is 48.4 Å². The molecule has 2 unspecified atom stereocenters. The first-order valence-corrected chi connectivity index (χ1v) is 7.88. The highest BCUT2D eigenvalue weighted by atomic mass is 35.5. The molecular formula is C14H18ClN3S. The minimum Gasteiger partial charge on any atom is -0.299 e. The summed E-state index contributed by atoms with van der Waals surface area (Å²) in [6, 6.07) is 6.16. The van der Waals surface area contributed by atoms with E-state index in [4.69, 9.17) is 11.6 Å². The lowest BCUT2D eigenvalue weighted by Gasteiger charge is -2.22. The first kappa shape index (κ1) is 14.6. The van der Waals surface area contributed by atoms with Gasteiger partial charge in [0.25, 0.3) is 0 Å². The van der Waals surface area contributed by atoms with Gasteiger partial charge in [-0.1, -0.05) is 18.5 Å². The van der Waals surface area contributed by atoms with Gasteiger partial charge < -0.3 is 0 Å². The number of thioether (sulfide) groups is 1. The molecule has 1 fully saturated rings. The number of pyridine rings is 1. The number of hydrogen-bond acceptors (Lipinski definition) is 4. The summed E-state index contributed by atoms with van der Waals surface area (Å²) in [5.41, 5.74) is -0.352. The van der Waals surface area contributed by atoms with Gasteiger partial charge in [0.1, 0.15) is 10.6 Å². The van der Waals surface area contributed by atoms with E-state index in [1.54, 1.807) is 18.0 Å². The summed E-state index contributed by atoms with van der Waals surface area (Å²) < 4.78 is 0. The first-order chi connectivity index (χ1) is 9.19. The van der Waals surface area contributed by atoms with Crippen molar-refractivity contribution in [3.05, 3.63) is 23.4 Å². The maximum atomic E-state index is 9.42. The number of nitrogens with one attached hydrogen (secondary N) is 1. The monoisotopic (exact) mass is 295 g/mol. The van der Waals surface area contributed by atoms with Gasteiger partial charge in [-0.05, 0) is 44.4 Å². The zero-order chi connectivity index (χ0) is 13.7. The lowest BCUT2D eigenvalue weighted by Crippen LogP contribution is -2.42. The Balaban J connectivity index is 1.98. The summed E-state index contributed by atoms with van der Waals surface area (Å²) >= 11 is 7.82. The Morgan fingerprint density at radius 2 is 2.53 bits per heavy atom. The maximum absolute atomic E-state index is 9.42. The van der Waals surface area contributed by atoms with Crippen molar-refractivity contribution in [2.24, 2.45) is 0 Å². The number of nitrogens with zero attached hydrogens (tertiary/aromatic N) is 2. The molecule has 1 aliphatic carbocycles. The highest BCUT2D eigenvalue weighted by Gasteiger charge is 2.39. The Morgan fingerprint density at radius 3 is 3.21 bits per heavy atom. The molecule has 2 rings (SSSR count). The standard InChI is InChI=1S/C14H18ClN3S/c1-2-7-18-14(10-16)6-5-11(9-14)19-13-12(15)4-3-8-17-13/h3-4,8,11,18H,2,5-7,9H2,1H3. The van der Waals surface area contributed by atoms with Gasteiger partial charge in [0.15, 0.2) is 0 Å².